The molecule has 9 aromatic rings. The lowest BCUT2D eigenvalue weighted by atomic mass is 9.90. The SMILES string of the molecule is c1ccc(C2=NC3(N=C2c2ccccc2)c2ccc(cc2)-c2cccc4cccc(c24)-c2ccc(cc2)-c2nc(-c4ccccc4)c(-c4ccccc4)n23)cc1. The van der Waals surface area contributed by atoms with Gasteiger partial charge in [-0.1, -0.05) is 206 Å². The maximum Gasteiger partial charge on any atom is 0.261 e. The highest BCUT2D eigenvalue weighted by Gasteiger charge is 2.45. The third-order valence-electron chi connectivity index (χ3n) is 11.1. The fraction of sp³-hybridized carbons (Fsp3) is 0.0192. The van der Waals surface area contributed by atoms with Crippen LogP contribution in [0.3, 0.4) is 0 Å². The summed E-state index contributed by atoms with van der Waals surface area (Å²) in [6.45, 7) is 0. The van der Waals surface area contributed by atoms with Crippen LogP contribution in [0.4, 0.5) is 0 Å². The van der Waals surface area contributed by atoms with Crippen LogP contribution in [0.15, 0.2) is 216 Å². The summed E-state index contributed by atoms with van der Waals surface area (Å²) >= 11 is 0. The fourth-order valence-electron chi connectivity index (χ4n) is 8.47. The van der Waals surface area contributed by atoms with Gasteiger partial charge in [-0.3, -0.25) is 4.57 Å². The van der Waals surface area contributed by atoms with Crippen LogP contribution >= 0.6 is 0 Å². The lowest BCUT2D eigenvalue weighted by molar-refractivity contribution is 0.409. The minimum atomic E-state index is -1.28. The molecule has 4 nitrogen and oxygen atoms in total. The van der Waals surface area contributed by atoms with Crippen molar-refractivity contribution in [3.63, 3.8) is 0 Å². The lowest BCUT2D eigenvalue weighted by Crippen LogP contribution is -2.31. The molecule has 4 bridgehead atoms. The highest BCUT2D eigenvalue weighted by molar-refractivity contribution is 6.54. The van der Waals surface area contributed by atoms with Crippen LogP contribution in [0.1, 0.15) is 16.7 Å². The number of hydrogen-bond acceptors (Lipinski definition) is 3. The van der Waals surface area contributed by atoms with Gasteiger partial charge in [-0.15, -0.1) is 0 Å². The molecule has 1 spiro atoms. The number of benzene rings is 8. The van der Waals surface area contributed by atoms with E-state index in [0.717, 1.165) is 73.1 Å². The first-order chi connectivity index (χ1) is 27.7. The molecule has 0 fully saturated rings. The topological polar surface area (TPSA) is 42.5 Å². The zero-order chi connectivity index (χ0) is 37.1. The Labute approximate surface area is 325 Å². The zero-order valence-electron chi connectivity index (χ0n) is 30.4. The summed E-state index contributed by atoms with van der Waals surface area (Å²) in [5.74, 6) is -0.495. The van der Waals surface area contributed by atoms with E-state index in [-0.39, 0.29) is 0 Å². The van der Waals surface area contributed by atoms with Crippen molar-refractivity contribution in [1.29, 1.82) is 0 Å². The molecule has 0 amide bonds. The molecular formula is C52H34N4. The van der Waals surface area contributed by atoms with E-state index in [0.29, 0.717) is 0 Å². The summed E-state index contributed by atoms with van der Waals surface area (Å²) in [6, 6.07) is 72.9. The van der Waals surface area contributed by atoms with Crippen LogP contribution in [0.25, 0.3) is 66.9 Å². The molecular weight excluding hydrogens is 681 g/mol. The molecule has 262 valence electrons. The molecule has 56 heavy (non-hydrogen) atoms. The molecule has 0 atom stereocenters. The minimum absolute atomic E-state index is 0.781. The van der Waals surface area contributed by atoms with Gasteiger partial charge in [-0.25, -0.2) is 15.0 Å². The third kappa shape index (κ3) is 5.04. The quantitative estimate of drug-likeness (QED) is 0.179. The maximum absolute atomic E-state index is 5.87. The summed E-state index contributed by atoms with van der Waals surface area (Å²) in [5.41, 5.74) is 14.1. The predicted molar refractivity (Wildman–Crippen MR) is 230 cm³/mol. The first-order valence-corrected chi connectivity index (χ1v) is 19.0. The van der Waals surface area contributed by atoms with Gasteiger partial charge in [0, 0.05) is 33.4 Å². The average Bonchev–Trinajstić information content (AvgIpc) is 3.89. The lowest BCUT2D eigenvalue weighted by Gasteiger charge is -2.30. The Morgan fingerprint density at radius 1 is 0.357 bits per heavy atom. The number of hydrogen-bond donors (Lipinski definition) is 0. The number of rotatable bonds is 4. The molecule has 6 heterocycles. The Balaban J connectivity index is 1.32. The Kier molecular flexibility index (Phi) is 7.36. The zero-order valence-corrected chi connectivity index (χ0v) is 30.4. The Morgan fingerprint density at radius 3 is 1.32 bits per heavy atom. The van der Waals surface area contributed by atoms with Crippen LogP contribution in [0.5, 0.6) is 0 Å². The van der Waals surface area contributed by atoms with E-state index in [1.54, 1.807) is 0 Å². The molecule has 5 aliphatic rings. The molecule has 14 rings (SSSR count). The summed E-state index contributed by atoms with van der Waals surface area (Å²) in [6.07, 6.45) is 0. The van der Waals surface area contributed by atoms with E-state index < -0.39 is 5.79 Å². The largest absolute Gasteiger partial charge is 0.275 e. The smallest absolute Gasteiger partial charge is 0.261 e. The summed E-state index contributed by atoms with van der Waals surface area (Å²) < 4.78 is 2.30. The number of imidazole rings is 1. The molecule has 4 heteroatoms. The second kappa shape index (κ2) is 12.9. The van der Waals surface area contributed by atoms with Gasteiger partial charge in [0.05, 0.1) is 22.8 Å². The standard InChI is InChI=1S/C52H34N4/c1-5-15-38(16-6-1)47-48(39-17-7-2-8-18-39)55-52(54-47)43-33-31-36(32-34-43)45-26-14-24-37-23-13-25-44(46(37)45)35-27-29-42(30-28-35)51-53-49(40-19-9-3-10-20-40)50(56(51)52)41-21-11-4-12-22-41/h1-34H. The van der Waals surface area contributed by atoms with Crippen molar-refractivity contribution < 1.29 is 0 Å². The van der Waals surface area contributed by atoms with Crippen LogP contribution < -0.4 is 0 Å². The fourth-order valence-corrected chi connectivity index (χ4v) is 8.47. The van der Waals surface area contributed by atoms with Crippen LogP contribution in [0.2, 0.25) is 0 Å². The maximum atomic E-state index is 5.87. The number of aliphatic imine (C=N–C) groups is 2. The summed E-state index contributed by atoms with van der Waals surface area (Å²) in [4.78, 5) is 17.4. The predicted octanol–water partition coefficient (Wildman–Crippen LogP) is 12.3. The minimum Gasteiger partial charge on any atom is -0.275 e. The van der Waals surface area contributed by atoms with Crippen molar-refractivity contribution in [1.82, 2.24) is 9.55 Å². The highest BCUT2D eigenvalue weighted by atomic mass is 15.4. The monoisotopic (exact) mass is 714 g/mol. The number of nitrogens with zero attached hydrogens (tertiary/aromatic N) is 4. The molecule has 0 saturated carbocycles. The van der Waals surface area contributed by atoms with Crippen LogP contribution in [-0.2, 0) is 5.79 Å². The third-order valence-corrected chi connectivity index (χ3v) is 11.1. The van der Waals surface area contributed by atoms with Crippen LogP contribution in [-0.4, -0.2) is 21.0 Å². The summed E-state index contributed by atoms with van der Waals surface area (Å²) in [5, 5.41) is 2.44. The van der Waals surface area contributed by atoms with E-state index in [9.17, 15) is 0 Å². The van der Waals surface area contributed by atoms with Gasteiger partial charge in [0.1, 0.15) is 5.82 Å². The van der Waals surface area contributed by atoms with E-state index >= 15 is 0 Å². The first-order valence-electron chi connectivity index (χ1n) is 19.0. The van der Waals surface area contributed by atoms with Crippen molar-refractivity contribution in [2.24, 2.45) is 9.98 Å². The molecule has 0 aliphatic carbocycles. The Bertz CT molecular complexity index is 2900. The molecule has 5 aliphatic heterocycles. The van der Waals surface area contributed by atoms with Crippen molar-refractivity contribution in [2.75, 3.05) is 0 Å². The van der Waals surface area contributed by atoms with Gasteiger partial charge in [0.2, 0.25) is 0 Å². The highest BCUT2D eigenvalue weighted by Crippen LogP contribution is 2.48. The van der Waals surface area contributed by atoms with Crippen molar-refractivity contribution in [3.8, 4) is 56.2 Å². The van der Waals surface area contributed by atoms with Gasteiger partial charge < -0.3 is 0 Å². The Hall–Kier alpha value is -7.43. The normalized spacial score (nSPS) is 13.7. The number of aromatic nitrogens is 2. The molecule has 0 unspecified atom stereocenters. The van der Waals surface area contributed by atoms with Gasteiger partial charge in [0.25, 0.3) is 5.79 Å². The summed E-state index contributed by atoms with van der Waals surface area (Å²) in [7, 11) is 0. The van der Waals surface area contributed by atoms with Gasteiger partial charge >= 0.3 is 0 Å². The molecule has 8 aromatic carbocycles. The molecule has 0 N–H and O–H groups in total. The van der Waals surface area contributed by atoms with E-state index in [1.165, 1.54) is 21.9 Å². The molecule has 0 radical (unpaired) electrons. The van der Waals surface area contributed by atoms with Gasteiger partial charge in [-0.2, -0.15) is 0 Å². The van der Waals surface area contributed by atoms with Crippen LogP contribution in [0, 0.1) is 0 Å². The first kappa shape index (κ1) is 32.0. The van der Waals surface area contributed by atoms with Crippen molar-refractivity contribution >= 4 is 22.2 Å². The second-order valence-corrected chi connectivity index (χ2v) is 14.4. The Morgan fingerprint density at radius 2 is 0.804 bits per heavy atom. The van der Waals surface area contributed by atoms with Gasteiger partial charge in [-0.05, 0) is 33.0 Å². The average molecular weight is 715 g/mol. The van der Waals surface area contributed by atoms with E-state index in [1.807, 2.05) is 12.1 Å². The van der Waals surface area contributed by atoms with Gasteiger partial charge in [0.15, 0.2) is 0 Å². The van der Waals surface area contributed by atoms with E-state index in [4.69, 9.17) is 15.0 Å². The van der Waals surface area contributed by atoms with E-state index in [2.05, 4.69) is 199 Å². The second-order valence-electron chi connectivity index (χ2n) is 14.4. The molecule has 1 aromatic heterocycles. The molecule has 0 saturated heterocycles. The van der Waals surface area contributed by atoms with Crippen molar-refractivity contribution in [2.45, 2.75) is 5.79 Å². The van der Waals surface area contributed by atoms with Crippen molar-refractivity contribution in [3.05, 3.63) is 223 Å².